The lowest BCUT2D eigenvalue weighted by Gasteiger charge is -2.28. The Bertz CT molecular complexity index is 579. The summed E-state index contributed by atoms with van der Waals surface area (Å²) in [7, 11) is 0. The molecule has 0 atom stereocenters. The maximum absolute atomic E-state index is 4.58. The Balaban J connectivity index is 1.87. The minimum Gasteiger partial charge on any atom is -0.370 e. The van der Waals surface area contributed by atoms with Gasteiger partial charge in [-0.2, -0.15) is 0 Å². The van der Waals surface area contributed by atoms with Crippen LogP contribution in [-0.4, -0.2) is 23.1 Å². The molecule has 1 N–H and O–H groups in total. The van der Waals surface area contributed by atoms with E-state index in [9.17, 15) is 0 Å². The van der Waals surface area contributed by atoms with Crippen molar-refractivity contribution in [3.8, 4) is 0 Å². The molecule has 19 heavy (non-hydrogen) atoms. The van der Waals surface area contributed by atoms with E-state index in [4.69, 9.17) is 0 Å². The van der Waals surface area contributed by atoms with Crippen LogP contribution in [0.3, 0.4) is 0 Å². The highest BCUT2D eigenvalue weighted by atomic mass is 32.1. The molecule has 0 bridgehead atoms. The molecule has 3 heterocycles. The fraction of sp³-hybridized carbons (Fsp3) is 0.429. The first-order valence-electron chi connectivity index (χ1n) is 6.66. The fourth-order valence-electron chi connectivity index (χ4n) is 2.43. The lowest BCUT2D eigenvalue weighted by atomic mass is 10.1. The second kappa shape index (κ2) is 5.17. The first-order valence-corrected chi connectivity index (χ1v) is 7.54. The molecule has 0 saturated carbocycles. The summed E-state index contributed by atoms with van der Waals surface area (Å²) in [5.41, 5.74) is 1.44. The van der Waals surface area contributed by atoms with Crippen molar-refractivity contribution in [3.63, 3.8) is 0 Å². The van der Waals surface area contributed by atoms with Crippen LogP contribution in [0.5, 0.6) is 0 Å². The summed E-state index contributed by atoms with van der Waals surface area (Å²) in [4.78, 5) is 12.8. The van der Waals surface area contributed by atoms with Crippen LogP contribution in [0.25, 0.3) is 0 Å². The van der Waals surface area contributed by atoms with Crippen LogP contribution < -0.4 is 10.2 Å². The van der Waals surface area contributed by atoms with Crippen LogP contribution >= 0.6 is 11.3 Å². The maximum Gasteiger partial charge on any atom is 0.134 e. The average Bonchev–Trinajstić information content (AvgIpc) is 2.85. The molecule has 4 nitrogen and oxygen atoms in total. The van der Waals surface area contributed by atoms with Gasteiger partial charge in [0, 0.05) is 30.6 Å². The van der Waals surface area contributed by atoms with E-state index in [2.05, 4.69) is 38.6 Å². The van der Waals surface area contributed by atoms with Gasteiger partial charge >= 0.3 is 0 Å². The minimum absolute atomic E-state index is 0.824. The third kappa shape index (κ3) is 2.56. The smallest absolute Gasteiger partial charge is 0.134 e. The molecule has 0 aromatic carbocycles. The van der Waals surface area contributed by atoms with E-state index in [0.717, 1.165) is 43.5 Å². The molecule has 100 valence electrons. The average molecular weight is 274 g/mol. The summed E-state index contributed by atoms with van der Waals surface area (Å²) in [6.07, 6.45) is 1.12. The molecule has 1 aliphatic rings. The number of hydrogen-bond donors (Lipinski definition) is 1. The number of nitrogens with one attached hydrogen (secondary N) is 1. The number of thiophene rings is 1. The first kappa shape index (κ1) is 12.4. The Labute approximate surface area is 117 Å². The molecule has 0 fully saturated rings. The predicted molar refractivity (Wildman–Crippen MR) is 80.0 cm³/mol. The van der Waals surface area contributed by atoms with Crippen molar-refractivity contribution >= 4 is 23.0 Å². The van der Waals surface area contributed by atoms with Crippen molar-refractivity contribution in [1.82, 2.24) is 9.97 Å². The van der Waals surface area contributed by atoms with E-state index in [1.54, 1.807) is 0 Å². The Hall–Kier alpha value is -1.62. The Morgan fingerprint density at radius 1 is 1.42 bits per heavy atom. The van der Waals surface area contributed by atoms with E-state index in [1.807, 2.05) is 24.3 Å². The van der Waals surface area contributed by atoms with Crippen LogP contribution in [0.1, 0.15) is 23.2 Å². The molecule has 3 rings (SSSR count). The second-order valence-electron chi connectivity index (χ2n) is 4.73. The number of rotatable bonds is 3. The number of aryl methyl sites for hydroxylation is 1. The molecule has 0 spiro atoms. The van der Waals surface area contributed by atoms with Gasteiger partial charge in [0.15, 0.2) is 0 Å². The molecular formula is C14H18N4S. The lowest BCUT2D eigenvalue weighted by Crippen LogP contribution is -2.30. The van der Waals surface area contributed by atoms with Gasteiger partial charge in [0.05, 0.1) is 0 Å². The van der Waals surface area contributed by atoms with Crippen LogP contribution in [0.2, 0.25) is 0 Å². The summed E-state index contributed by atoms with van der Waals surface area (Å²) in [6, 6.07) is 4.28. The zero-order valence-electron chi connectivity index (χ0n) is 11.3. The van der Waals surface area contributed by atoms with Crippen LogP contribution in [-0.2, 0) is 13.0 Å². The Morgan fingerprint density at radius 2 is 2.32 bits per heavy atom. The minimum atomic E-state index is 0.824. The molecule has 2 aromatic heterocycles. The van der Waals surface area contributed by atoms with Crippen LogP contribution in [0, 0.1) is 6.92 Å². The fourth-order valence-corrected chi connectivity index (χ4v) is 3.32. The van der Waals surface area contributed by atoms with E-state index >= 15 is 0 Å². The highest BCUT2D eigenvalue weighted by molar-refractivity contribution is 7.10. The maximum atomic E-state index is 4.58. The number of fused-ring (bicyclic) bond motifs is 1. The molecule has 0 unspecified atom stereocenters. The quantitative estimate of drug-likeness (QED) is 0.934. The third-order valence-corrected chi connectivity index (χ3v) is 4.34. The van der Waals surface area contributed by atoms with Crippen molar-refractivity contribution in [2.45, 2.75) is 26.8 Å². The van der Waals surface area contributed by atoms with Gasteiger partial charge in [-0.15, -0.1) is 11.3 Å². The Morgan fingerprint density at radius 3 is 3.16 bits per heavy atom. The molecule has 0 amide bonds. The van der Waals surface area contributed by atoms with E-state index in [-0.39, 0.29) is 0 Å². The molecule has 0 aliphatic carbocycles. The molecule has 5 heteroatoms. The highest BCUT2D eigenvalue weighted by Gasteiger charge is 2.19. The monoisotopic (exact) mass is 274 g/mol. The largest absolute Gasteiger partial charge is 0.370 e. The second-order valence-corrected chi connectivity index (χ2v) is 5.73. The van der Waals surface area contributed by atoms with Gasteiger partial charge in [-0.1, -0.05) is 0 Å². The molecular weight excluding hydrogens is 256 g/mol. The number of nitrogens with zero attached hydrogens (tertiary/aromatic N) is 3. The van der Waals surface area contributed by atoms with Gasteiger partial charge in [0.1, 0.15) is 17.5 Å². The first-order chi connectivity index (χ1) is 9.26. The number of aromatic nitrogens is 2. The molecule has 0 saturated heterocycles. The normalized spacial score (nSPS) is 14.3. The standard InChI is InChI=1S/C14H18N4S/c1-3-15-13-8-14(17-10(2)16-13)18-6-4-12-11(9-18)5-7-19-12/h5,7-8H,3-4,6,9H2,1-2H3,(H,15,16,17). The van der Waals surface area contributed by atoms with Crippen molar-refractivity contribution in [2.75, 3.05) is 23.3 Å². The summed E-state index contributed by atoms with van der Waals surface area (Å²) < 4.78 is 0. The van der Waals surface area contributed by atoms with E-state index < -0.39 is 0 Å². The van der Waals surface area contributed by atoms with E-state index in [1.165, 1.54) is 10.4 Å². The predicted octanol–water partition coefficient (Wildman–Crippen LogP) is 2.84. The Kier molecular flexibility index (Phi) is 3.38. The number of anilines is 2. The van der Waals surface area contributed by atoms with Crippen LogP contribution in [0.15, 0.2) is 17.5 Å². The molecule has 1 aliphatic heterocycles. The summed E-state index contributed by atoms with van der Waals surface area (Å²) in [6.45, 7) is 6.90. The third-order valence-electron chi connectivity index (χ3n) is 3.31. The lowest BCUT2D eigenvalue weighted by molar-refractivity contribution is 0.728. The molecule has 2 aromatic rings. The summed E-state index contributed by atoms with van der Waals surface area (Å²) in [5.74, 6) is 2.77. The van der Waals surface area contributed by atoms with Crippen LogP contribution in [0.4, 0.5) is 11.6 Å². The van der Waals surface area contributed by atoms with Gasteiger partial charge in [0.25, 0.3) is 0 Å². The van der Waals surface area contributed by atoms with Gasteiger partial charge in [0.2, 0.25) is 0 Å². The van der Waals surface area contributed by atoms with Gasteiger partial charge < -0.3 is 10.2 Å². The summed E-state index contributed by atoms with van der Waals surface area (Å²) in [5, 5.41) is 5.45. The van der Waals surface area contributed by atoms with Gasteiger partial charge in [-0.05, 0) is 37.3 Å². The van der Waals surface area contributed by atoms with Crippen molar-refractivity contribution < 1.29 is 0 Å². The SMILES string of the molecule is CCNc1cc(N2CCc3sccc3C2)nc(C)n1. The summed E-state index contributed by atoms with van der Waals surface area (Å²) >= 11 is 1.87. The van der Waals surface area contributed by atoms with Gasteiger partial charge in [-0.3, -0.25) is 0 Å². The topological polar surface area (TPSA) is 41.0 Å². The van der Waals surface area contributed by atoms with E-state index in [0.29, 0.717) is 0 Å². The van der Waals surface area contributed by atoms with Crippen molar-refractivity contribution in [1.29, 1.82) is 0 Å². The number of hydrogen-bond acceptors (Lipinski definition) is 5. The molecule has 0 radical (unpaired) electrons. The van der Waals surface area contributed by atoms with Crippen molar-refractivity contribution in [2.24, 2.45) is 0 Å². The van der Waals surface area contributed by atoms with Crippen molar-refractivity contribution in [3.05, 3.63) is 33.8 Å². The zero-order valence-corrected chi connectivity index (χ0v) is 12.1. The van der Waals surface area contributed by atoms with Gasteiger partial charge in [-0.25, -0.2) is 9.97 Å². The highest BCUT2D eigenvalue weighted by Crippen LogP contribution is 2.27. The zero-order chi connectivity index (χ0) is 13.2.